The zero-order chi connectivity index (χ0) is 14.4. The van der Waals surface area contributed by atoms with Crippen LogP contribution in [-0.2, 0) is 0 Å². The summed E-state index contributed by atoms with van der Waals surface area (Å²) >= 11 is 0. The lowest BCUT2D eigenvalue weighted by Gasteiger charge is -2.24. The van der Waals surface area contributed by atoms with Gasteiger partial charge in [-0.3, -0.25) is 0 Å². The summed E-state index contributed by atoms with van der Waals surface area (Å²) in [5.74, 6) is 0.879. The number of likely N-dealkylation sites (tertiary alicyclic amines) is 1. The van der Waals surface area contributed by atoms with Gasteiger partial charge in [0.1, 0.15) is 0 Å². The number of rotatable bonds is 5. The van der Waals surface area contributed by atoms with Crippen LogP contribution in [0.2, 0.25) is 0 Å². The van der Waals surface area contributed by atoms with Gasteiger partial charge in [0.25, 0.3) is 0 Å². The van der Waals surface area contributed by atoms with Crippen LogP contribution >= 0.6 is 0 Å². The van der Waals surface area contributed by atoms with Crippen LogP contribution in [0.3, 0.4) is 0 Å². The number of aliphatic hydroxyl groups excluding tert-OH is 1. The van der Waals surface area contributed by atoms with Gasteiger partial charge >= 0.3 is 0 Å². The average molecular weight is 276 g/mol. The van der Waals surface area contributed by atoms with E-state index in [0.717, 1.165) is 24.6 Å². The number of benzene rings is 1. The van der Waals surface area contributed by atoms with Gasteiger partial charge in [0, 0.05) is 17.8 Å². The first-order chi connectivity index (χ1) is 9.70. The molecule has 3 nitrogen and oxygen atoms in total. The van der Waals surface area contributed by atoms with Gasteiger partial charge in [-0.2, -0.15) is 0 Å². The number of β-amino-alcohol motifs (C(OH)–C–C–N with tert-alkyl or cyclic N) is 1. The molecule has 0 saturated carbocycles. The molecule has 3 heteroatoms. The van der Waals surface area contributed by atoms with Gasteiger partial charge in [0.2, 0.25) is 0 Å². The van der Waals surface area contributed by atoms with Crippen LogP contribution in [0.4, 0.5) is 5.69 Å². The molecule has 1 aromatic carbocycles. The molecule has 0 bridgehead atoms. The number of hydrogen-bond acceptors (Lipinski definition) is 3. The fourth-order valence-corrected chi connectivity index (χ4v) is 3.26. The molecule has 0 spiro atoms. The second-order valence-corrected chi connectivity index (χ2v) is 6.03. The quantitative estimate of drug-likeness (QED) is 0.812. The monoisotopic (exact) mass is 276 g/mol. The Bertz CT molecular complexity index is 408. The van der Waals surface area contributed by atoms with E-state index < -0.39 is 6.10 Å². The summed E-state index contributed by atoms with van der Waals surface area (Å²) in [6.45, 7) is 5.18. The van der Waals surface area contributed by atoms with Gasteiger partial charge < -0.3 is 15.7 Å². The molecule has 2 atom stereocenters. The number of nitrogen functional groups attached to an aromatic ring is 1. The molecule has 112 valence electrons. The van der Waals surface area contributed by atoms with E-state index in [2.05, 4.69) is 11.8 Å². The lowest BCUT2D eigenvalue weighted by molar-refractivity contribution is 0.115. The summed E-state index contributed by atoms with van der Waals surface area (Å²) < 4.78 is 0. The van der Waals surface area contributed by atoms with Crippen molar-refractivity contribution in [3.05, 3.63) is 29.8 Å². The minimum absolute atomic E-state index is 0.473. The van der Waals surface area contributed by atoms with Gasteiger partial charge in [-0.15, -0.1) is 0 Å². The van der Waals surface area contributed by atoms with Crippen molar-refractivity contribution < 1.29 is 5.11 Å². The van der Waals surface area contributed by atoms with Crippen molar-refractivity contribution in [2.45, 2.75) is 45.1 Å². The third-order valence-electron chi connectivity index (χ3n) is 4.42. The molecule has 1 heterocycles. The fraction of sp³-hybridized carbons (Fsp3) is 0.647. The van der Waals surface area contributed by atoms with Crippen molar-refractivity contribution >= 4 is 5.69 Å². The standard InChI is InChI=1S/C17H28N2O/c1-2-6-14-7-5-11-19(12-10-14)13-17(20)15-8-3-4-9-16(15)18/h3-4,8-9,14,17,20H,2,5-7,10-13,18H2,1H3. The number of para-hydroxylation sites is 1. The summed E-state index contributed by atoms with van der Waals surface area (Å²) in [5.41, 5.74) is 7.50. The van der Waals surface area contributed by atoms with Crippen LogP contribution < -0.4 is 5.73 Å². The van der Waals surface area contributed by atoms with Gasteiger partial charge in [0.15, 0.2) is 0 Å². The van der Waals surface area contributed by atoms with Crippen molar-refractivity contribution in [1.82, 2.24) is 4.90 Å². The second-order valence-electron chi connectivity index (χ2n) is 6.03. The molecule has 1 aliphatic heterocycles. The number of hydrogen-bond donors (Lipinski definition) is 2. The predicted octanol–water partition coefficient (Wildman–Crippen LogP) is 3.20. The highest BCUT2D eigenvalue weighted by Crippen LogP contribution is 2.25. The second kappa shape index (κ2) is 7.65. The number of nitrogens with zero attached hydrogens (tertiary/aromatic N) is 1. The largest absolute Gasteiger partial charge is 0.398 e. The van der Waals surface area contributed by atoms with Crippen molar-refractivity contribution in [2.24, 2.45) is 5.92 Å². The molecule has 0 amide bonds. The van der Waals surface area contributed by atoms with Gasteiger partial charge in [0.05, 0.1) is 6.10 Å². The normalized spacial score (nSPS) is 22.4. The van der Waals surface area contributed by atoms with Gasteiger partial charge in [-0.05, 0) is 44.3 Å². The highest BCUT2D eigenvalue weighted by molar-refractivity contribution is 5.47. The molecular weight excluding hydrogens is 248 g/mol. The van der Waals surface area contributed by atoms with E-state index in [4.69, 9.17) is 5.73 Å². The highest BCUT2D eigenvalue weighted by atomic mass is 16.3. The third kappa shape index (κ3) is 4.22. The number of aliphatic hydroxyl groups is 1. The molecule has 20 heavy (non-hydrogen) atoms. The first kappa shape index (κ1) is 15.3. The average Bonchev–Trinajstić information content (AvgIpc) is 2.65. The van der Waals surface area contributed by atoms with Crippen molar-refractivity contribution in [1.29, 1.82) is 0 Å². The number of anilines is 1. The highest BCUT2D eigenvalue weighted by Gasteiger charge is 2.20. The first-order valence-electron chi connectivity index (χ1n) is 7.95. The predicted molar refractivity (Wildman–Crippen MR) is 84.5 cm³/mol. The summed E-state index contributed by atoms with van der Waals surface area (Å²) in [7, 11) is 0. The molecule has 1 saturated heterocycles. The Labute approximate surface area is 122 Å². The van der Waals surface area contributed by atoms with E-state index in [-0.39, 0.29) is 0 Å². The molecule has 1 fully saturated rings. The Morgan fingerprint density at radius 1 is 1.30 bits per heavy atom. The minimum atomic E-state index is -0.473. The zero-order valence-electron chi connectivity index (χ0n) is 12.6. The molecule has 2 unspecified atom stereocenters. The minimum Gasteiger partial charge on any atom is -0.398 e. The maximum atomic E-state index is 10.4. The Morgan fingerprint density at radius 3 is 2.85 bits per heavy atom. The molecule has 1 aliphatic rings. The zero-order valence-corrected chi connectivity index (χ0v) is 12.6. The lowest BCUT2D eigenvalue weighted by atomic mass is 9.96. The van der Waals surface area contributed by atoms with Crippen LogP contribution in [-0.4, -0.2) is 29.6 Å². The molecule has 2 rings (SSSR count). The van der Waals surface area contributed by atoms with Crippen LogP contribution in [0.15, 0.2) is 24.3 Å². The number of nitrogens with two attached hydrogens (primary N) is 1. The maximum Gasteiger partial charge on any atom is 0.0936 e. The first-order valence-corrected chi connectivity index (χ1v) is 7.95. The van der Waals surface area contributed by atoms with E-state index in [0.29, 0.717) is 12.2 Å². The maximum absolute atomic E-state index is 10.4. The van der Waals surface area contributed by atoms with E-state index in [1.165, 1.54) is 32.1 Å². The van der Waals surface area contributed by atoms with Crippen LogP contribution in [0, 0.1) is 5.92 Å². The van der Waals surface area contributed by atoms with E-state index >= 15 is 0 Å². The molecule has 1 aromatic rings. The van der Waals surface area contributed by atoms with E-state index in [9.17, 15) is 5.11 Å². The van der Waals surface area contributed by atoms with Crippen LogP contribution in [0.1, 0.15) is 50.7 Å². The van der Waals surface area contributed by atoms with Crippen molar-refractivity contribution in [3.8, 4) is 0 Å². The van der Waals surface area contributed by atoms with Gasteiger partial charge in [-0.25, -0.2) is 0 Å². The lowest BCUT2D eigenvalue weighted by Crippen LogP contribution is -2.30. The third-order valence-corrected chi connectivity index (χ3v) is 4.42. The molecular formula is C17H28N2O. The van der Waals surface area contributed by atoms with E-state index in [1.807, 2.05) is 24.3 Å². The Kier molecular flexibility index (Phi) is 5.86. The summed E-state index contributed by atoms with van der Waals surface area (Å²) in [6, 6.07) is 7.64. The summed E-state index contributed by atoms with van der Waals surface area (Å²) in [4.78, 5) is 2.40. The Hall–Kier alpha value is -1.06. The van der Waals surface area contributed by atoms with Gasteiger partial charge in [-0.1, -0.05) is 38.0 Å². The topological polar surface area (TPSA) is 49.5 Å². The van der Waals surface area contributed by atoms with Crippen LogP contribution in [0.5, 0.6) is 0 Å². The molecule has 0 aromatic heterocycles. The summed E-state index contributed by atoms with van der Waals surface area (Å²) in [6.07, 6.45) is 6.02. The molecule has 0 aliphatic carbocycles. The van der Waals surface area contributed by atoms with Crippen molar-refractivity contribution in [3.63, 3.8) is 0 Å². The Balaban J connectivity index is 1.88. The fourth-order valence-electron chi connectivity index (χ4n) is 3.26. The SMILES string of the molecule is CCCC1CCCN(CC(O)c2ccccc2N)CC1. The molecule has 3 N–H and O–H groups in total. The van der Waals surface area contributed by atoms with E-state index in [1.54, 1.807) is 0 Å². The smallest absolute Gasteiger partial charge is 0.0936 e. The molecule has 0 radical (unpaired) electrons. The Morgan fingerprint density at radius 2 is 2.10 bits per heavy atom. The van der Waals surface area contributed by atoms with Crippen LogP contribution in [0.25, 0.3) is 0 Å². The van der Waals surface area contributed by atoms with Crippen molar-refractivity contribution in [2.75, 3.05) is 25.4 Å². The summed E-state index contributed by atoms with van der Waals surface area (Å²) in [5, 5.41) is 10.4.